The smallest absolute Gasteiger partial charge is 0.165 e. The van der Waals surface area contributed by atoms with E-state index in [0.29, 0.717) is 17.9 Å². The summed E-state index contributed by atoms with van der Waals surface area (Å²) in [5, 5.41) is 9.75. The summed E-state index contributed by atoms with van der Waals surface area (Å²) in [5.41, 5.74) is 0.686. The second-order valence-corrected chi connectivity index (χ2v) is 4.21. The number of carbonyl (C=O) groups excluding carboxylic acids is 1. The van der Waals surface area contributed by atoms with E-state index in [4.69, 9.17) is 0 Å². The molecule has 1 rings (SSSR count). The Kier molecular flexibility index (Phi) is 4.50. The topological polar surface area (TPSA) is 37.3 Å². The fraction of sp³-hybridized carbons (Fsp3) is 0.462. The van der Waals surface area contributed by atoms with Gasteiger partial charge in [-0.25, -0.2) is 0 Å². The first-order valence-corrected chi connectivity index (χ1v) is 5.37. The van der Waals surface area contributed by atoms with Crippen LogP contribution < -0.4 is 0 Å². The molecule has 0 fully saturated rings. The van der Waals surface area contributed by atoms with Crippen LogP contribution in [0.1, 0.15) is 38.4 Å². The van der Waals surface area contributed by atoms with E-state index in [2.05, 4.69) is 13.8 Å². The summed E-state index contributed by atoms with van der Waals surface area (Å²) in [6.07, 6.45) is 0.334. The molecule has 1 N–H and O–H groups in total. The van der Waals surface area contributed by atoms with E-state index in [9.17, 15) is 9.90 Å². The fourth-order valence-corrected chi connectivity index (χ4v) is 1.39. The third-order valence-electron chi connectivity index (χ3n) is 2.39. The maximum Gasteiger partial charge on any atom is 0.165 e. The van der Waals surface area contributed by atoms with Crippen LogP contribution in [0.4, 0.5) is 0 Å². The lowest BCUT2D eigenvalue weighted by Gasteiger charge is -2.10. The van der Waals surface area contributed by atoms with E-state index in [0.717, 1.165) is 6.42 Å². The first-order chi connectivity index (χ1) is 7.11. The molecule has 0 aliphatic carbocycles. The van der Waals surface area contributed by atoms with Gasteiger partial charge in [0.05, 0.1) is 0 Å². The summed E-state index contributed by atoms with van der Waals surface area (Å²) in [7, 11) is 0. The highest BCUT2D eigenvalue weighted by Gasteiger charge is 2.16. The van der Waals surface area contributed by atoms with E-state index in [1.807, 2.05) is 18.2 Å². The third kappa shape index (κ3) is 3.84. The lowest BCUT2D eigenvalue weighted by molar-refractivity contribution is -0.127. The van der Waals surface area contributed by atoms with E-state index in [1.54, 1.807) is 12.1 Å². The highest BCUT2D eigenvalue weighted by atomic mass is 16.3. The Bertz CT molecular complexity index is 304. The summed E-state index contributed by atoms with van der Waals surface area (Å²) in [4.78, 5) is 11.6. The van der Waals surface area contributed by atoms with Crippen LogP contribution in [-0.4, -0.2) is 10.9 Å². The molecule has 0 saturated heterocycles. The maximum atomic E-state index is 11.6. The molecule has 1 atom stereocenters. The predicted octanol–water partition coefficient (Wildman–Crippen LogP) is 2.73. The summed E-state index contributed by atoms with van der Waals surface area (Å²) in [5.74, 6) is 0.409. The minimum absolute atomic E-state index is 0.0881. The fourth-order valence-electron chi connectivity index (χ4n) is 1.39. The normalized spacial score (nSPS) is 12.8. The Morgan fingerprint density at radius 2 is 1.87 bits per heavy atom. The molecular weight excluding hydrogens is 188 g/mol. The first-order valence-electron chi connectivity index (χ1n) is 5.37. The number of rotatable bonds is 5. The molecule has 0 radical (unpaired) electrons. The van der Waals surface area contributed by atoms with Gasteiger partial charge in [-0.2, -0.15) is 0 Å². The molecule has 82 valence electrons. The molecule has 1 aromatic carbocycles. The lowest BCUT2D eigenvalue weighted by atomic mass is 9.99. The molecule has 0 aromatic heterocycles. The summed E-state index contributed by atoms with van der Waals surface area (Å²) >= 11 is 0. The number of ketones is 1. The molecule has 0 bridgehead atoms. The molecule has 0 saturated carbocycles. The average Bonchev–Trinajstić information content (AvgIpc) is 2.26. The molecule has 0 aliphatic rings. The van der Waals surface area contributed by atoms with E-state index in [1.165, 1.54) is 0 Å². The highest BCUT2D eigenvalue weighted by molar-refractivity contribution is 5.84. The number of benzene rings is 1. The Hall–Kier alpha value is -1.15. The zero-order chi connectivity index (χ0) is 11.3. The molecule has 0 heterocycles. The number of aliphatic hydroxyl groups is 1. The minimum Gasteiger partial charge on any atom is -0.381 e. The molecule has 15 heavy (non-hydrogen) atoms. The minimum atomic E-state index is -0.954. The zero-order valence-corrected chi connectivity index (χ0v) is 9.31. The van der Waals surface area contributed by atoms with Gasteiger partial charge in [-0.1, -0.05) is 44.2 Å². The van der Waals surface area contributed by atoms with E-state index in [-0.39, 0.29) is 5.78 Å². The van der Waals surface area contributed by atoms with Gasteiger partial charge in [0.15, 0.2) is 5.78 Å². The summed E-state index contributed by atoms with van der Waals surface area (Å²) < 4.78 is 0. The van der Waals surface area contributed by atoms with Gasteiger partial charge in [-0.3, -0.25) is 4.79 Å². The van der Waals surface area contributed by atoms with Crippen molar-refractivity contribution in [3.8, 4) is 0 Å². The van der Waals surface area contributed by atoms with Crippen molar-refractivity contribution in [3.63, 3.8) is 0 Å². The lowest BCUT2D eigenvalue weighted by Crippen LogP contribution is -2.12. The number of carbonyl (C=O) groups is 1. The summed E-state index contributed by atoms with van der Waals surface area (Å²) in [6, 6.07) is 9.08. The van der Waals surface area contributed by atoms with Gasteiger partial charge in [0.25, 0.3) is 0 Å². The van der Waals surface area contributed by atoms with Crippen molar-refractivity contribution in [1.29, 1.82) is 0 Å². The Labute approximate surface area is 90.9 Å². The quantitative estimate of drug-likeness (QED) is 0.804. The Morgan fingerprint density at radius 1 is 1.27 bits per heavy atom. The van der Waals surface area contributed by atoms with Gasteiger partial charge in [0.2, 0.25) is 0 Å². The average molecular weight is 206 g/mol. The van der Waals surface area contributed by atoms with Crippen molar-refractivity contribution in [2.45, 2.75) is 32.8 Å². The van der Waals surface area contributed by atoms with Crippen LogP contribution in [0.3, 0.4) is 0 Å². The van der Waals surface area contributed by atoms with Gasteiger partial charge in [0, 0.05) is 6.42 Å². The second-order valence-electron chi connectivity index (χ2n) is 4.21. The maximum absolute atomic E-state index is 11.6. The Balaban J connectivity index is 2.54. The van der Waals surface area contributed by atoms with Crippen LogP contribution in [0.15, 0.2) is 30.3 Å². The van der Waals surface area contributed by atoms with Crippen LogP contribution in [0.25, 0.3) is 0 Å². The molecule has 0 amide bonds. The molecule has 2 nitrogen and oxygen atoms in total. The number of Topliss-reactive ketones (excluding diaryl/α,β-unsaturated/α-hetero) is 1. The van der Waals surface area contributed by atoms with Gasteiger partial charge >= 0.3 is 0 Å². The van der Waals surface area contributed by atoms with Crippen LogP contribution in [-0.2, 0) is 4.79 Å². The van der Waals surface area contributed by atoms with Crippen LogP contribution in [0.5, 0.6) is 0 Å². The van der Waals surface area contributed by atoms with Crippen molar-refractivity contribution in [2.75, 3.05) is 0 Å². The van der Waals surface area contributed by atoms with Crippen LogP contribution in [0.2, 0.25) is 0 Å². The zero-order valence-electron chi connectivity index (χ0n) is 9.31. The largest absolute Gasteiger partial charge is 0.381 e. The summed E-state index contributed by atoms with van der Waals surface area (Å²) in [6.45, 7) is 4.14. The standard InChI is InChI=1S/C13H18O2/c1-10(2)8-9-12(14)13(15)11-6-4-3-5-7-11/h3-7,10,13,15H,8-9H2,1-2H3. The van der Waals surface area contributed by atoms with Gasteiger partial charge in [0.1, 0.15) is 6.10 Å². The molecule has 1 aromatic rings. The third-order valence-corrected chi connectivity index (χ3v) is 2.39. The first kappa shape index (κ1) is 11.9. The van der Waals surface area contributed by atoms with E-state index >= 15 is 0 Å². The molecular formula is C13H18O2. The second kappa shape index (κ2) is 5.66. The van der Waals surface area contributed by atoms with Crippen molar-refractivity contribution >= 4 is 5.78 Å². The molecule has 1 unspecified atom stereocenters. The highest BCUT2D eigenvalue weighted by Crippen LogP contribution is 2.17. The molecule has 2 heteroatoms. The van der Waals surface area contributed by atoms with Gasteiger partial charge in [-0.05, 0) is 17.9 Å². The number of aliphatic hydroxyl groups excluding tert-OH is 1. The van der Waals surface area contributed by atoms with Crippen molar-refractivity contribution in [1.82, 2.24) is 0 Å². The molecule has 0 aliphatic heterocycles. The number of hydrogen-bond acceptors (Lipinski definition) is 2. The van der Waals surface area contributed by atoms with Crippen LogP contribution >= 0.6 is 0 Å². The van der Waals surface area contributed by atoms with Gasteiger partial charge < -0.3 is 5.11 Å². The Morgan fingerprint density at radius 3 is 2.40 bits per heavy atom. The molecule has 0 spiro atoms. The SMILES string of the molecule is CC(C)CCC(=O)C(O)c1ccccc1. The van der Waals surface area contributed by atoms with Crippen molar-refractivity contribution < 1.29 is 9.90 Å². The predicted molar refractivity (Wildman–Crippen MR) is 60.5 cm³/mol. The van der Waals surface area contributed by atoms with Gasteiger partial charge in [-0.15, -0.1) is 0 Å². The number of hydrogen-bond donors (Lipinski definition) is 1. The van der Waals surface area contributed by atoms with E-state index < -0.39 is 6.10 Å². The van der Waals surface area contributed by atoms with Crippen LogP contribution in [0, 0.1) is 5.92 Å². The monoisotopic (exact) mass is 206 g/mol. The van der Waals surface area contributed by atoms with Crippen molar-refractivity contribution in [3.05, 3.63) is 35.9 Å². The van der Waals surface area contributed by atoms with Crippen molar-refractivity contribution in [2.24, 2.45) is 5.92 Å².